The van der Waals surface area contributed by atoms with Crippen molar-refractivity contribution in [1.29, 1.82) is 0 Å². The number of ether oxygens (including phenoxy) is 1. The largest absolute Gasteiger partial charge is 1.00 e. The Morgan fingerprint density at radius 3 is 1.85 bits per heavy atom. The number of aromatic nitrogens is 3. The van der Waals surface area contributed by atoms with E-state index in [1.807, 2.05) is 54.6 Å². The standard InChI is InChI=1S/C29H24F3N3O2PS.ClH/c1-2-37-27(36)25-18-33-35(26(25)29(30,31)32)28-34-21(20-39-28)19-38(22-12-6-3-7-13-22,23-14-8-4-9-15-23)24-16-10-5-11-17-24;/h3-18,20H,2,19H2,1H3;1H/q+1;/p-1. The maximum atomic E-state index is 14.1. The van der Waals surface area contributed by atoms with Crippen molar-refractivity contribution >= 4 is 40.5 Å². The van der Waals surface area contributed by atoms with E-state index in [1.54, 1.807) is 5.38 Å². The van der Waals surface area contributed by atoms with Crippen LogP contribution < -0.4 is 28.3 Å². The molecule has 2 aromatic heterocycles. The van der Waals surface area contributed by atoms with Gasteiger partial charge in [0.05, 0.1) is 18.5 Å². The number of carbonyl (C=O) groups is 1. The predicted molar refractivity (Wildman–Crippen MR) is 149 cm³/mol. The minimum absolute atomic E-state index is 0. The monoisotopic (exact) mass is 601 g/mol. The number of rotatable bonds is 8. The molecule has 0 aliphatic heterocycles. The van der Waals surface area contributed by atoms with Crippen LogP contribution in [-0.2, 0) is 17.1 Å². The highest BCUT2D eigenvalue weighted by atomic mass is 35.5. The number of nitrogens with zero attached hydrogens (tertiary/aromatic N) is 3. The van der Waals surface area contributed by atoms with Crippen LogP contribution >= 0.6 is 18.6 Å². The molecule has 0 amide bonds. The van der Waals surface area contributed by atoms with Gasteiger partial charge in [-0.25, -0.2) is 14.5 Å². The molecule has 0 spiro atoms. The van der Waals surface area contributed by atoms with Gasteiger partial charge in [-0.1, -0.05) is 54.6 Å². The van der Waals surface area contributed by atoms with Gasteiger partial charge in [-0.05, 0) is 43.3 Å². The summed E-state index contributed by atoms with van der Waals surface area (Å²) in [6, 6.07) is 30.5. The fourth-order valence-corrected chi connectivity index (χ4v) is 9.64. The van der Waals surface area contributed by atoms with Gasteiger partial charge in [-0.15, -0.1) is 11.3 Å². The number of alkyl halides is 3. The van der Waals surface area contributed by atoms with E-state index in [0.29, 0.717) is 16.5 Å². The number of carbonyl (C=O) groups excluding carboxylic acids is 1. The fourth-order valence-electron chi connectivity index (χ4n) is 4.60. The first-order valence-electron chi connectivity index (χ1n) is 12.2. The maximum absolute atomic E-state index is 14.1. The van der Waals surface area contributed by atoms with Gasteiger partial charge in [-0.3, -0.25) is 0 Å². The van der Waals surface area contributed by atoms with Gasteiger partial charge in [0.2, 0.25) is 5.13 Å². The Bertz CT molecular complexity index is 1470. The molecule has 5 aromatic rings. The van der Waals surface area contributed by atoms with Crippen molar-refractivity contribution in [1.82, 2.24) is 14.8 Å². The molecule has 0 fully saturated rings. The Labute approximate surface area is 240 Å². The van der Waals surface area contributed by atoms with E-state index in [1.165, 1.54) is 6.92 Å². The van der Waals surface area contributed by atoms with E-state index >= 15 is 0 Å². The molecule has 0 N–H and O–H groups in total. The van der Waals surface area contributed by atoms with Crippen molar-refractivity contribution in [2.45, 2.75) is 19.3 Å². The summed E-state index contributed by atoms with van der Waals surface area (Å²) < 4.78 is 47.8. The Morgan fingerprint density at radius 2 is 1.40 bits per heavy atom. The molecule has 0 unspecified atom stereocenters. The summed E-state index contributed by atoms with van der Waals surface area (Å²) in [6.07, 6.45) is -3.45. The van der Waals surface area contributed by atoms with Crippen molar-refractivity contribution in [2.75, 3.05) is 6.61 Å². The Hall–Kier alpha value is -3.52. The molecule has 5 nitrogen and oxygen atoms in total. The molecule has 0 saturated carbocycles. The van der Waals surface area contributed by atoms with Crippen LogP contribution in [0.25, 0.3) is 5.13 Å². The van der Waals surface area contributed by atoms with Crippen molar-refractivity contribution in [3.8, 4) is 5.13 Å². The van der Waals surface area contributed by atoms with E-state index in [2.05, 4.69) is 46.5 Å². The van der Waals surface area contributed by atoms with Crippen molar-refractivity contribution in [3.63, 3.8) is 0 Å². The summed E-state index contributed by atoms with van der Waals surface area (Å²) >= 11 is 1.05. The van der Waals surface area contributed by atoms with Gasteiger partial charge < -0.3 is 17.1 Å². The SMILES string of the molecule is CCOC(=O)c1cnn(-c2nc(C[P+](c3ccccc3)(c3ccccc3)c3ccccc3)cs2)c1C(F)(F)F.[Cl-]. The summed E-state index contributed by atoms with van der Waals surface area (Å²) in [5.74, 6) is -1.07. The van der Waals surface area contributed by atoms with E-state index in [9.17, 15) is 18.0 Å². The molecule has 206 valence electrons. The molecule has 0 bridgehead atoms. The van der Waals surface area contributed by atoms with Gasteiger partial charge >= 0.3 is 12.1 Å². The van der Waals surface area contributed by atoms with E-state index in [-0.39, 0.29) is 24.1 Å². The molecule has 0 aliphatic rings. The van der Waals surface area contributed by atoms with Gasteiger partial charge in [0.25, 0.3) is 0 Å². The second-order valence-corrected chi connectivity index (χ2v) is 13.0. The quantitative estimate of drug-likeness (QED) is 0.203. The summed E-state index contributed by atoms with van der Waals surface area (Å²) in [5.41, 5.74) is -1.20. The summed E-state index contributed by atoms with van der Waals surface area (Å²) in [7, 11) is -2.30. The highest BCUT2D eigenvalue weighted by Crippen LogP contribution is 2.58. The average Bonchev–Trinajstić information content (AvgIpc) is 3.61. The summed E-state index contributed by atoms with van der Waals surface area (Å²) in [5, 5.41) is 9.10. The van der Waals surface area contributed by atoms with E-state index < -0.39 is 30.7 Å². The second-order valence-electron chi connectivity index (χ2n) is 8.63. The minimum Gasteiger partial charge on any atom is -1.00 e. The van der Waals surface area contributed by atoms with Crippen LogP contribution in [0.4, 0.5) is 13.2 Å². The Kier molecular flexibility index (Phi) is 9.08. The van der Waals surface area contributed by atoms with Crippen LogP contribution in [0, 0.1) is 0 Å². The van der Waals surface area contributed by atoms with Crippen molar-refractivity contribution in [2.24, 2.45) is 0 Å². The smallest absolute Gasteiger partial charge is 0.434 e. The molecule has 5 rings (SSSR count). The average molecular weight is 602 g/mol. The second kappa shape index (κ2) is 12.3. The van der Waals surface area contributed by atoms with Crippen LogP contribution in [0.15, 0.2) is 103 Å². The molecule has 0 radical (unpaired) electrons. The topological polar surface area (TPSA) is 57.0 Å². The third kappa shape index (κ3) is 5.68. The third-order valence-corrected chi connectivity index (χ3v) is 11.4. The number of thiazole rings is 1. The first-order chi connectivity index (χ1) is 18.8. The van der Waals surface area contributed by atoms with Crippen LogP contribution in [0.1, 0.15) is 28.7 Å². The predicted octanol–water partition coefficient (Wildman–Crippen LogP) is 3.02. The third-order valence-electron chi connectivity index (χ3n) is 6.24. The first-order valence-corrected chi connectivity index (χ1v) is 15.0. The molecular formula is C29H24ClF3N3O2PS. The zero-order valence-corrected chi connectivity index (χ0v) is 23.7. The lowest BCUT2D eigenvalue weighted by Gasteiger charge is -2.27. The summed E-state index contributed by atoms with van der Waals surface area (Å²) in [6.45, 7) is 1.48. The Balaban J connectivity index is 0.00000370. The van der Waals surface area contributed by atoms with Crippen LogP contribution in [-0.4, -0.2) is 27.3 Å². The lowest BCUT2D eigenvalue weighted by molar-refractivity contribution is -0.143. The molecule has 2 heterocycles. The van der Waals surface area contributed by atoms with Gasteiger partial charge in [0.1, 0.15) is 34.9 Å². The number of hydrogen-bond donors (Lipinski definition) is 0. The van der Waals surface area contributed by atoms with E-state index in [4.69, 9.17) is 4.74 Å². The normalized spacial score (nSPS) is 11.6. The lowest BCUT2D eigenvalue weighted by Crippen LogP contribution is -3.00. The highest BCUT2D eigenvalue weighted by molar-refractivity contribution is 7.95. The molecule has 11 heteroatoms. The minimum atomic E-state index is -4.83. The molecular weight excluding hydrogens is 578 g/mol. The molecule has 0 saturated heterocycles. The number of halogens is 4. The van der Waals surface area contributed by atoms with Gasteiger partial charge in [0.15, 0.2) is 5.69 Å². The zero-order valence-electron chi connectivity index (χ0n) is 21.3. The summed E-state index contributed by atoms with van der Waals surface area (Å²) in [4.78, 5) is 16.9. The van der Waals surface area contributed by atoms with Crippen molar-refractivity contribution in [3.05, 3.63) is 120 Å². The first kappa shape index (κ1) is 29.5. The van der Waals surface area contributed by atoms with E-state index in [0.717, 1.165) is 33.4 Å². The van der Waals surface area contributed by atoms with Crippen LogP contribution in [0.2, 0.25) is 0 Å². The van der Waals surface area contributed by atoms with Crippen LogP contribution in [0.5, 0.6) is 0 Å². The van der Waals surface area contributed by atoms with Crippen molar-refractivity contribution < 1.29 is 35.1 Å². The lowest BCUT2D eigenvalue weighted by atomic mass is 10.2. The molecule has 0 aliphatic carbocycles. The maximum Gasteiger partial charge on any atom is 0.434 e. The Morgan fingerprint density at radius 1 is 0.900 bits per heavy atom. The fraction of sp³-hybridized carbons (Fsp3) is 0.138. The zero-order chi connectivity index (χ0) is 27.5. The highest BCUT2D eigenvalue weighted by Gasteiger charge is 2.46. The van der Waals surface area contributed by atoms with Crippen LogP contribution in [0.3, 0.4) is 0 Å². The number of esters is 1. The van der Waals surface area contributed by atoms with Gasteiger partial charge in [-0.2, -0.15) is 18.3 Å². The number of hydrogen-bond acceptors (Lipinski definition) is 5. The molecule has 0 atom stereocenters. The number of benzene rings is 3. The molecule has 40 heavy (non-hydrogen) atoms. The molecule has 3 aromatic carbocycles. The van der Waals surface area contributed by atoms with Gasteiger partial charge in [0, 0.05) is 5.38 Å².